The third kappa shape index (κ3) is 61.6. The van der Waals surface area contributed by atoms with E-state index in [2.05, 4.69) is 37.9 Å². The highest BCUT2D eigenvalue weighted by Gasteiger charge is 2.09. The fourth-order valence-electron chi connectivity index (χ4n) is 0.632. The Morgan fingerprint density at radius 1 is 1.11 bits per heavy atom. The molecule has 0 amide bonds. The number of rotatable bonds is 5. The van der Waals surface area contributed by atoms with Crippen LogP contribution in [0.2, 0.25) is 0 Å². The fourth-order valence-corrected chi connectivity index (χ4v) is 0.632. The lowest BCUT2D eigenvalue weighted by Crippen LogP contribution is -2.29. The maximum atomic E-state index is 10.1. The van der Waals surface area contributed by atoms with Gasteiger partial charge in [-0.1, -0.05) is 22.6 Å². The number of aliphatic carboxylic acids is 1. The summed E-state index contributed by atoms with van der Waals surface area (Å²) in [6, 6.07) is -0.716. The first-order valence-corrected chi connectivity index (χ1v) is 5.87. The summed E-state index contributed by atoms with van der Waals surface area (Å²) in [6.45, 7) is 0.604. The maximum absolute atomic E-state index is 10.1. The van der Waals surface area contributed by atoms with Gasteiger partial charge in [0, 0.05) is 0 Å². The number of hydrogen-bond acceptors (Lipinski definition) is 9. The van der Waals surface area contributed by atoms with Gasteiger partial charge in [0.15, 0.2) is 0 Å². The molecule has 0 saturated carbocycles. The highest BCUT2D eigenvalue weighted by Crippen LogP contribution is 1.96. The van der Waals surface area contributed by atoms with E-state index in [-0.39, 0.29) is 0 Å². The van der Waals surface area contributed by atoms with Crippen LogP contribution in [0.5, 0.6) is 0 Å². The molecule has 0 aromatic rings. The van der Waals surface area contributed by atoms with Crippen molar-refractivity contribution in [2.75, 3.05) is 6.54 Å². The van der Waals surface area contributed by atoms with Crippen molar-refractivity contribution < 1.29 is 9.90 Å². The van der Waals surface area contributed by atoms with E-state index in [9.17, 15) is 4.79 Å². The molecule has 0 aromatic heterocycles. The Morgan fingerprint density at radius 2 is 1.42 bits per heavy atom. The Morgan fingerprint density at radius 3 is 1.63 bits per heavy atom. The standard InChI is InChI=1S/C6H14N2O2.3CHNS/c7-4-2-1-3-5(8)6(9)10;3*2-1-3/h5H,1-4,7-8H2,(H,9,10);3*3H/p-3. The van der Waals surface area contributed by atoms with Crippen LogP contribution in [0.3, 0.4) is 0 Å². The summed E-state index contributed by atoms with van der Waals surface area (Å²) in [5.74, 6) is -0.933. The molecule has 10 heteroatoms. The van der Waals surface area contributed by atoms with Crippen molar-refractivity contribution >= 4 is 43.9 Å². The van der Waals surface area contributed by atoms with Crippen molar-refractivity contribution in [3.05, 3.63) is 0 Å². The highest BCUT2D eigenvalue weighted by atomic mass is 32.1. The molecule has 0 rings (SSSR count). The van der Waals surface area contributed by atoms with E-state index in [1.165, 1.54) is 16.2 Å². The summed E-state index contributed by atoms with van der Waals surface area (Å²) in [4.78, 5) is 10.1. The van der Waals surface area contributed by atoms with Crippen molar-refractivity contribution in [1.29, 1.82) is 15.8 Å². The Labute approximate surface area is 129 Å². The van der Waals surface area contributed by atoms with Crippen molar-refractivity contribution in [2.24, 2.45) is 11.5 Å². The highest BCUT2D eigenvalue weighted by molar-refractivity contribution is 7.64. The van der Waals surface area contributed by atoms with Gasteiger partial charge in [0.2, 0.25) is 0 Å². The molecule has 0 fully saturated rings. The number of hydrogen-bond donors (Lipinski definition) is 3. The second-order valence-corrected chi connectivity index (χ2v) is 3.05. The van der Waals surface area contributed by atoms with Gasteiger partial charge in [-0.15, -0.1) is 0 Å². The minimum absolute atomic E-state index is 0.520. The summed E-state index contributed by atoms with van der Waals surface area (Å²) >= 11 is 11.1. The van der Waals surface area contributed by atoms with E-state index in [1.54, 1.807) is 0 Å². The Hall–Kier alpha value is -1.48. The van der Waals surface area contributed by atoms with Crippen molar-refractivity contribution in [3.8, 4) is 16.2 Å². The van der Waals surface area contributed by atoms with Gasteiger partial charge in [-0.05, 0) is 19.4 Å². The van der Waals surface area contributed by atoms with E-state index in [1.807, 2.05) is 0 Å². The van der Waals surface area contributed by atoms with Gasteiger partial charge in [0.05, 0.1) is 0 Å². The smallest absolute Gasteiger partial charge is 0.320 e. The van der Waals surface area contributed by atoms with E-state index in [4.69, 9.17) is 32.4 Å². The Bertz CT molecular complexity index is 280. The van der Waals surface area contributed by atoms with Crippen LogP contribution in [0.4, 0.5) is 0 Å². The van der Waals surface area contributed by atoms with E-state index in [0.29, 0.717) is 13.0 Å². The molecule has 0 aliphatic carbocycles. The normalized spacial score (nSPS) is 7.95. The number of thiocyanates is 3. The summed E-state index contributed by atoms with van der Waals surface area (Å²) in [6.07, 6.45) is 2.16. The average molecular weight is 320 g/mol. The maximum Gasteiger partial charge on any atom is 0.320 e. The van der Waals surface area contributed by atoms with Crippen molar-refractivity contribution in [3.63, 3.8) is 0 Å². The second-order valence-electron chi connectivity index (χ2n) is 2.50. The molecule has 0 aliphatic heterocycles. The molecule has 0 spiro atoms. The topological polar surface area (TPSA) is 161 Å². The zero-order chi connectivity index (χ0) is 16.1. The number of nitrogens with zero attached hydrogens (tertiary/aromatic N) is 3. The number of carboxylic acids is 1. The molecule has 19 heavy (non-hydrogen) atoms. The quantitative estimate of drug-likeness (QED) is 0.344. The van der Waals surface area contributed by atoms with Gasteiger partial charge in [0.25, 0.3) is 0 Å². The second kappa shape index (κ2) is 30.0. The number of carbonyl (C=O) groups is 1. The van der Waals surface area contributed by atoms with Gasteiger partial charge in [-0.2, -0.15) is 0 Å². The lowest BCUT2D eigenvalue weighted by Gasteiger charge is -2.03. The molecule has 1 unspecified atom stereocenters. The monoisotopic (exact) mass is 320 g/mol. The largest absolute Gasteiger partial charge is 0.696 e. The average Bonchev–Trinajstić information content (AvgIpc) is 2.32. The fraction of sp³-hybridized carbons (Fsp3) is 0.556. The van der Waals surface area contributed by atoms with Crippen molar-refractivity contribution in [1.82, 2.24) is 0 Å². The van der Waals surface area contributed by atoms with Crippen LogP contribution in [0.1, 0.15) is 19.3 Å². The van der Waals surface area contributed by atoms with Crippen LogP contribution in [-0.2, 0) is 42.7 Å². The molecule has 1 atom stereocenters. The number of unbranched alkanes of at least 4 members (excludes halogenated alkanes) is 1. The molecule has 0 aliphatic rings. The lowest BCUT2D eigenvalue weighted by molar-refractivity contribution is -0.138. The zero-order valence-electron chi connectivity index (χ0n) is 9.98. The van der Waals surface area contributed by atoms with Gasteiger partial charge in [-0.3, -0.25) is 4.79 Å². The summed E-state index contributed by atoms with van der Waals surface area (Å²) in [7, 11) is 0. The first-order valence-electron chi connectivity index (χ1n) is 4.65. The van der Waals surface area contributed by atoms with Crippen LogP contribution in [-0.4, -0.2) is 23.7 Å². The summed E-state index contributed by atoms with van der Waals surface area (Å²) in [5, 5.41) is 33.7. The van der Waals surface area contributed by atoms with Crippen LogP contribution in [0.15, 0.2) is 0 Å². The predicted octanol–water partition coefficient (Wildman–Crippen LogP) is -0.430. The molecule has 0 heterocycles. The minimum atomic E-state index is -0.933. The number of nitrogens with two attached hydrogens (primary N) is 2. The lowest BCUT2D eigenvalue weighted by atomic mass is 10.1. The Balaban J connectivity index is -0.000000103. The van der Waals surface area contributed by atoms with Gasteiger partial charge in [0.1, 0.15) is 6.04 Å². The molecule has 0 bridgehead atoms. The molecule has 5 N–H and O–H groups in total. The molecular weight excluding hydrogens is 306 g/mol. The number of nitriles is 3. The SMILES string of the molecule is N#C[S-].N#C[S-].N#C[S-].NCCCCC(N)C(=O)O. The predicted molar refractivity (Wildman–Crippen MR) is 77.5 cm³/mol. The van der Waals surface area contributed by atoms with E-state index >= 15 is 0 Å². The minimum Gasteiger partial charge on any atom is -0.696 e. The van der Waals surface area contributed by atoms with Crippen LogP contribution < -0.4 is 11.5 Å². The summed E-state index contributed by atoms with van der Waals surface area (Å²) in [5.41, 5.74) is 10.4. The molecular formula is C9H14N5O2S3-3. The molecule has 108 valence electrons. The molecule has 0 saturated heterocycles. The van der Waals surface area contributed by atoms with Crippen molar-refractivity contribution in [2.45, 2.75) is 25.3 Å². The van der Waals surface area contributed by atoms with E-state index in [0.717, 1.165) is 12.8 Å². The Kier molecular flexibility index (Phi) is 41.3. The third-order valence-corrected chi connectivity index (χ3v) is 1.29. The van der Waals surface area contributed by atoms with Gasteiger partial charge in [-0.25, -0.2) is 15.8 Å². The van der Waals surface area contributed by atoms with Crippen LogP contribution in [0, 0.1) is 32.0 Å². The zero-order valence-corrected chi connectivity index (χ0v) is 12.4. The molecule has 0 radical (unpaired) electrons. The first kappa shape index (κ1) is 26.2. The molecule has 7 nitrogen and oxygen atoms in total. The van der Waals surface area contributed by atoms with Gasteiger partial charge >= 0.3 is 5.97 Å². The third-order valence-electron chi connectivity index (χ3n) is 1.29. The first-order chi connectivity index (χ1) is 8.92. The molecule has 0 aromatic carbocycles. The van der Waals surface area contributed by atoms with E-state index < -0.39 is 12.0 Å². The van der Waals surface area contributed by atoms with Crippen LogP contribution >= 0.6 is 0 Å². The van der Waals surface area contributed by atoms with Crippen LogP contribution in [0.25, 0.3) is 0 Å². The summed E-state index contributed by atoms with van der Waals surface area (Å²) < 4.78 is 0. The van der Waals surface area contributed by atoms with Gasteiger partial charge < -0.3 is 54.5 Å². The number of carboxylic acid groups (broad SMARTS) is 1.